The van der Waals surface area contributed by atoms with Crippen molar-refractivity contribution in [2.24, 2.45) is 0 Å². The maximum absolute atomic E-state index is 13.3. The lowest BCUT2D eigenvalue weighted by molar-refractivity contribution is -0.108. The van der Waals surface area contributed by atoms with Gasteiger partial charge in [0.1, 0.15) is 17.7 Å². The fourth-order valence-corrected chi connectivity index (χ4v) is 6.17. The molecule has 32 heavy (non-hydrogen) atoms. The van der Waals surface area contributed by atoms with E-state index in [4.69, 9.17) is 4.74 Å². The number of pyridine rings is 1. The average molecular weight is 456 g/mol. The van der Waals surface area contributed by atoms with Crippen LogP contribution in [0.5, 0.6) is 5.75 Å². The number of sulfonamides is 1. The Morgan fingerprint density at radius 1 is 1.22 bits per heavy atom. The molecular weight excluding hydrogens is 426 g/mol. The van der Waals surface area contributed by atoms with Crippen molar-refractivity contribution in [1.29, 1.82) is 0 Å². The fourth-order valence-electron chi connectivity index (χ4n) is 4.50. The first-order valence-electron chi connectivity index (χ1n) is 11.0. The number of carbonyl (C=O) groups is 1. The molecule has 0 unspecified atom stereocenters. The number of fused-ring (bicyclic) bond motifs is 1. The van der Waals surface area contributed by atoms with Crippen molar-refractivity contribution in [3.8, 4) is 5.75 Å². The molecule has 170 valence electrons. The van der Waals surface area contributed by atoms with Crippen LogP contribution in [0.25, 0.3) is 11.0 Å². The maximum atomic E-state index is 13.3. The maximum Gasteiger partial charge on any atom is 0.243 e. The Morgan fingerprint density at radius 2 is 1.97 bits per heavy atom. The Morgan fingerprint density at radius 3 is 2.62 bits per heavy atom. The van der Waals surface area contributed by atoms with Gasteiger partial charge in [-0.3, -0.25) is 0 Å². The molecule has 0 spiro atoms. The van der Waals surface area contributed by atoms with Crippen molar-refractivity contribution < 1.29 is 17.9 Å². The molecule has 1 aliphatic heterocycles. The lowest BCUT2D eigenvalue weighted by atomic mass is 9.90. The molecule has 1 fully saturated rings. The average Bonchev–Trinajstić information content (AvgIpc) is 3.12. The van der Waals surface area contributed by atoms with Gasteiger partial charge in [0.2, 0.25) is 10.0 Å². The molecule has 0 amide bonds. The van der Waals surface area contributed by atoms with E-state index in [-0.39, 0.29) is 18.6 Å². The van der Waals surface area contributed by atoms with E-state index >= 15 is 0 Å². The monoisotopic (exact) mass is 455 g/mol. The van der Waals surface area contributed by atoms with Crippen LogP contribution in [0.2, 0.25) is 0 Å². The SMILES string of the molecule is Cc1cc(OC(C)C)ccc1S(=O)(=O)N1CCC(c2cn(CC=O)c3ncccc23)CC1. The van der Waals surface area contributed by atoms with Crippen LogP contribution in [0.3, 0.4) is 0 Å². The fraction of sp³-hybridized carbons (Fsp3) is 0.417. The van der Waals surface area contributed by atoms with Gasteiger partial charge in [-0.2, -0.15) is 4.31 Å². The minimum absolute atomic E-state index is 0.0311. The van der Waals surface area contributed by atoms with E-state index in [1.54, 1.807) is 28.7 Å². The molecule has 4 rings (SSSR count). The number of aldehydes is 1. The number of aromatic nitrogens is 2. The standard InChI is InChI=1S/C24H29N3O4S/c1-17(2)31-20-6-7-23(18(3)15-20)32(29,30)27-11-8-19(9-12-27)22-16-26(13-14-28)24-21(22)5-4-10-25-24/h4-7,10,14-17,19H,8-9,11-13H2,1-3H3. The van der Waals surface area contributed by atoms with Crippen molar-refractivity contribution in [3.63, 3.8) is 0 Å². The number of carbonyl (C=O) groups excluding carboxylic acids is 1. The van der Waals surface area contributed by atoms with Crippen molar-refractivity contribution in [3.05, 3.63) is 53.9 Å². The molecule has 3 heterocycles. The summed E-state index contributed by atoms with van der Waals surface area (Å²) in [5.41, 5.74) is 2.62. The highest BCUT2D eigenvalue weighted by Crippen LogP contribution is 2.36. The molecule has 2 aromatic heterocycles. The normalized spacial score (nSPS) is 16.0. The molecular formula is C24H29N3O4S. The van der Waals surface area contributed by atoms with Crippen LogP contribution in [-0.2, 0) is 21.4 Å². The Kier molecular flexibility index (Phi) is 6.35. The van der Waals surface area contributed by atoms with E-state index in [0.717, 1.165) is 35.7 Å². The zero-order valence-electron chi connectivity index (χ0n) is 18.7. The van der Waals surface area contributed by atoms with E-state index in [9.17, 15) is 13.2 Å². The molecule has 0 bridgehead atoms. The number of aryl methyl sites for hydroxylation is 1. The number of hydrogen-bond donors (Lipinski definition) is 0. The molecule has 8 heteroatoms. The van der Waals surface area contributed by atoms with Gasteiger partial charge in [0.15, 0.2) is 0 Å². The minimum Gasteiger partial charge on any atom is -0.491 e. The van der Waals surface area contributed by atoms with Gasteiger partial charge in [-0.15, -0.1) is 0 Å². The second-order valence-corrected chi connectivity index (χ2v) is 10.5. The third-order valence-electron chi connectivity index (χ3n) is 5.97. The summed E-state index contributed by atoms with van der Waals surface area (Å²) in [6, 6.07) is 9.07. The van der Waals surface area contributed by atoms with Gasteiger partial charge in [-0.05, 0) is 81.0 Å². The number of ether oxygens (including phenoxy) is 1. The topological polar surface area (TPSA) is 81.5 Å². The number of hydrogen-bond acceptors (Lipinski definition) is 5. The first kappa shape index (κ1) is 22.5. The molecule has 0 aliphatic carbocycles. The lowest BCUT2D eigenvalue weighted by Crippen LogP contribution is -2.38. The molecule has 0 N–H and O–H groups in total. The van der Waals surface area contributed by atoms with Gasteiger partial charge in [-0.1, -0.05) is 0 Å². The third-order valence-corrected chi connectivity index (χ3v) is 8.02. The van der Waals surface area contributed by atoms with Crippen LogP contribution in [0, 0.1) is 6.92 Å². The molecule has 0 radical (unpaired) electrons. The quantitative estimate of drug-likeness (QED) is 0.505. The summed E-state index contributed by atoms with van der Waals surface area (Å²) in [6.45, 7) is 6.86. The summed E-state index contributed by atoms with van der Waals surface area (Å²) in [5.74, 6) is 0.902. The van der Waals surface area contributed by atoms with Crippen LogP contribution >= 0.6 is 0 Å². The van der Waals surface area contributed by atoms with Gasteiger partial charge in [0.05, 0.1) is 17.5 Å². The molecule has 0 saturated carbocycles. The Hall–Kier alpha value is -2.71. The van der Waals surface area contributed by atoms with Gasteiger partial charge in [0.25, 0.3) is 0 Å². The Bertz CT molecular complexity index is 1230. The summed E-state index contributed by atoms with van der Waals surface area (Å²) in [5, 5.41) is 1.03. The molecule has 0 atom stereocenters. The number of benzene rings is 1. The molecule has 1 aromatic carbocycles. The third kappa shape index (κ3) is 4.29. The van der Waals surface area contributed by atoms with Gasteiger partial charge in [0, 0.05) is 30.9 Å². The van der Waals surface area contributed by atoms with Crippen LogP contribution in [0.1, 0.15) is 43.7 Å². The highest BCUT2D eigenvalue weighted by molar-refractivity contribution is 7.89. The Labute approximate surface area is 189 Å². The summed E-state index contributed by atoms with van der Waals surface area (Å²) >= 11 is 0. The zero-order valence-corrected chi connectivity index (χ0v) is 19.5. The second-order valence-electron chi connectivity index (χ2n) is 8.55. The number of nitrogens with zero attached hydrogens (tertiary/aromatic N) is 3. The zero-order chi connectivity index (χ0) is 22.9. The second kappa shape index (κ2) is 9.03. The van der Waals surface area contributed by atoms with E-state index in [0.29, 0.717) is 29.3 Å². The largest absolute Gasteiger partial charge is 0.491 e. The van der Waals surface area contributed by atoms with Gasteiger partial charge in [-0.25, -0.2) is 13.4 Å². The van der Waals surface area contributed by atoms with E-state index in [1.807, 2.05) is 43.7 Å². The van der Waals surface area contributed by atoms with Crippen molar-refractivity contribution in [2.45, 2.75) is 57.1 Å². The smallest absolute Gasteiger partial charge is 0.243 e. The highest BCUT2D eigenvalue weighted by atomic mass is 32.2. The highest BCUT2D eigenvalue weighted by Gasteiger charge is 2.32. The van der Waals surface area contributed by atoms with Crippen molar-refractivity contribution in [2.75, 3.05) is 13.1 Å². The first-order valence-corrected chi connectivity index (χ1v) is 12.4. The molecule has 1 saturated heterocycles. The molecule has 7 nitrogen and oxygen atoms in total. The van der Waals surface area contributed by atoms with Crippen molar-refractivity contribution >= 4 is 27.3 Å². The predicted molar refractivity (Wildman–Crippen MR) is 123 cm³/mol. The molecule has 3 aromatic rings. The van der Waals surface area contributed by atoms with Crippen molar-refractivity contribution in [1.82, 2.24) is 13.9 Å². The van der Waals surface area contributed by atoms with Crippen LogP contribution in [-0.4, -0.2) is 47.8 Å². The van der Waals surface area contributed by atoms with E-state index in [1.165, 1.54) is 0 Å². The van der Waals surface area contributed by atoms with Gasteiger partial charge >= 0.3 is 0 Å². The van der Waals surface area contributed by atoms with Crippen LogP contribution < -0.4 is 4.74 Å². The lowest BCUT2D eigenvalue weighted by Gasteiger charge is -2.31. The summed E-state index contributed by atoms with van der Waals surface area (Å²) in [6.07, 6.45) is 6.07. The number of rotatable bonds is 7. The minimum atomic E-state index is -3.58. The molecule has 1 aliphatic rings. The summed E-state index contributed by atoms with van der Waals surface area (Å²) in [7, 11) is -3.58. The van der Waals surface area contributed by atoms with E-state index < -0.39 is 10.0 Å². The number of piperidine rings is 1. The summed E-state index contributed by atoms with van der Waals surface area (Å²) in [4.78, 5) is 15.8. The van der Waals surface area contributed by atoms with E-state index in [2.05, 4.69) is 4.98 Å². The van der Waals surface area contributed by atoms with Crippen LogP contribution in [0.4, 0.5) is 0 Å². The van der Waals surface area contributed by atoms with Gasteiger partial charge < -0.3 is 14.1 Å². The first-order chi connectivity index (χ1) is 15.3. The van der Waals surface area contributed by atoms with Crippen LogP contribution in [0.15, 0.2) is 47.6 Å². The Balaban J connectivity index is 1.53. The predicted octanol–water partition coefficient (Wildman–Crippen LogP) is 3.90. The summed E-state index contributed by atoms with van der Waals surface area (Å²) < 4.78 is 35.8.